The van der Waals surface area contributed by atoms with Crippen molar-refractivity contribution in [3.8, 4) is 0 Å². The molecule has 0 fully saturated rings. The Morgan fingerprint density at radius 2 is 1.95 bits per heavy atom. The van der Waals surface area contributed by atoms with E-state index in [2.05, 4.69) is 51.8 Å². The van der Waals surface area contributed by atoms with Gasteiger partial charge in [-0.25, -0.2) is 4.98 Å². The van der Waals surface area contributed by atoms with Gasteiger partial charge >= 0.3 is 0 Å². The average molecular weight is 283 g/mol. The molecular weight excluding hydrogens is 254 g/mol. The number of aromatic nitrogens is 1. The zero-order chi connectivity index (χ0) is 14.4. The maximum absolute atomic E-state index is 4.78. The molecule has 0 radical (unpaired) electrons. The number of hydrogen-bond acceptors (Lipinski definition) is 4. The standard InChI is InChI=1S/C15H29N3S/c1-7-11(4)10-18(9-3)15-17-13(6)14(19-15)12(5)16-8-2/h11-12,16H,7-10H2,1-6H3. The highest BCUT2D eigenvalue weighted by molar-refractivity contribution is 7.15. The fraction of sp³-hybridized carbons (Fsp3) is 0.800. The van der Waals surface area contributed by atoms with Crippen molar-refractivity contribution in [2.24, 2.45) is 5.92 Å². The summed E-state index contributed by atoms with van der Waals surface area (Å²) in [6.45, 7) is 16.4. The third-order valence-electron chi connectivity index (χ3n) is 3.61. The third-order valence-corrected chi connectivity index (χ3v) is 5.01. The molecule has 0 saturated carbocycles. The molecule has 1 aromatic rings. The monoisotopic (exact) mass is 283 g/mol. The van der Waals surface area contributed by atoms with Crippen LogP contribution >= 0.6 is 11.3 Å². The lowest BCUT2D eigenvalue weighted by Gasteiger charge is -2.23. The second-order valence-corrected chi connectivity index (χ2v) is 6.29. The van der Waals surface area contributed by atoms with E-state index in [1.165, 1.54) is 22.1 Å². The SMILES string of the molecule is CCNC(C)c1sc(N(CC)CC(C)CC)nc1C. The van der Waals surface area contributed by atoms with Crippen LogP contribution in [0.5, 0.6) is 0 Å². The maximum atomic E-state index is 4.78. The molecule has 4 heteroatoms. The van der Waals surface area contributed by atoms with E-state index >= 15 is 0 Å². The van der Waals surface area contributed by atoms with Gasteiger partial charge in [0, 0.05) is 24.0 Å². The van der Waals surface area contributed by atoms with Crippen LogP contribution in [0.15, 0.2) is 0 Å². The van der Waals surface area contributed by atoms with Crippen LogP contribution in [0.4, 0.5) is 5.13 Å². The normalized spacial score (nSPS) is 14.4. The minimum atomic E-state index is 0.401. The summed E-state index contributed by atoms with van der Waals surface area (Å²) in [5.74, 6) is 0.721. The molecule has 0 aliphatic carbocycles. The lowest BCUT2D eigenvalue weighted by atomic mass is 10.1. The van der Waals surface area contributed by atoms with Gasteiger partial charge in [-0.3, -0.25) is 0 Å². The van der Waals surface area contributed by atoms with E-state index in [0.717, 1.165) is 25.6 Å². The Morgan fingerprint density at radius 3 is 2.47 bits per heavy atom. The second kappa shape index (κ2) is 7.85. The Morgan fingerprint density at radius 1 is 1.26 bits per heavy atom. The number of thiazole rings is 1. The van der Waals surface area contributed by atoms with Crippen molar-refractivity contribution >= 4 is 16.5 Å². The second-order valence-electron chi connectivity index (χ2n) is 5.28. The molecule has 1 N–H and O–H groups in total. The van der Waals surface area contributed by atoms with Gasteiger partial charge < -0.3 is 10.2 Å². The average Bonchev–Trinajstić information content (AvgIpc) is 2.77. The van der Waals surface area contributed by atoms with Crippen molar-refractivity contribution in [1.82, 2.24) is 10.3 Å². The first-order valence-electron chi connectivity index (χ1n) is 7.48. The molecule has 0 aliphatic rings. The van der Waals surface area contributed by atoms with Gasteiger partial charge in [-0.15, -0.1) is 11.3 Å². The predicted molar refractivity (Wildman–Crippen MR) is 86.3 cm³/mol. The minimum Gasteiger partial charge on any atom is -0.348 e. The van der Waals surface area contributed by atoms with E-state index < -0.39 is 0 Å². The molecule has 19 heavy (non-hydrogen) atoms. The fourth-order valence-electron chi connectivity index (χ4n) is 2.18. The van der Waals surface area contributed by atoms with E-state index in [4.69, 9.17) is 4.98 Å². The minimum absolute atomic E-state index is 0.401. The zero-order valence-electron chi connectivity index (χ0n) is 13.3. The van der Waals surface area contributed by atoms with Gasteiger partial charge in [-0.2, -0.15) is 0 Å². The number of nitrogens with one attached hydrogen (secondary N) is 1. The highest BCUT2D eigenvalue weighted by atomic mass is 32.1. The Balaban J connectivity index is 2.85. The Hall–Kier alpha value is -0.610. The van der Waals surface area contributed by atoms with E-state index in [1.54, 1.807) is 0 Å². The van der Waals surface area contributed by atoms with E-state index in [0.29, 0.717) is 6.04 Å². The fourth-order valence-corrected chi connectivity index (χ4v) is 3.34. The topological polar surface area (TPSA) is 28.2 Å². The van der Waals surface area contributed by atoms with Crippen LogP contribution in [0.2, 0.25) is 0 Å². The molecule has 2 unspecified atom stereocenters. The Labute approximate surface area is 122 Å². The number of hydrogen-bond donors (Lipinski definition) is 1. The smallest absolute Gasteiger partial charge is 0.185 e. The van der Waals surface area contributed by atoms with Crippen LogP contribution in [0.3, 0.4) is 0 Å². The largest absolute Gasteiger partial charge is 0.348 e. The van der Waals surface area contributed by atoms with Crippen molar-refractivity contribution < 1.29 is 0 Å². The molecule has 0 amide bonds. The summed E-state index contributed by atoms with van der Waals surface area (Å²) in [5, 5.41) is 4.66. The zero-order valence-corrected chi connectivity index (χ0v) is 14.1. The van der Waals surface area contributed by atoms with Gasteiger partial charge in [-0.05, 0) is 33.2 Å². The molecule has 1 rings (SSSR count). The number of anilines is 1. The van der Waals surface area contributed by atoms with Gasteiger partial charge in [0.25, 0.3) is 0 Å². The Kier molecular flexibility index (Phi) is 6.80. The van der Waals surface area contributed by atoms with E-state index in [9.17, 15) is 0 Å². The predicted octanol–water partition coefficient (Wildman–Crippen LogP) is 3.99. The molecule has 0 spiro atoms. The summed E-state index contributed by atoms with van der Waals surface area (Å²) in [7, 11) is 0. The Bertz CT molecular complexity index is 375. The number of aryl methyl sites for hydroxylation is 1. The molecule has 1 heterocycles. The van der Waals surface area contributed by atoms with Crippen LogP contribution in [-0.2, 0) is 0 Å². The highest BCUT2D eigenvalue weighted by Crippen LogP contribution is 2.31. The number of nitrogens with zero attached hydrogens (tertiary/aromatic N) is 2. The summed E-state index contributed by atoms with van der Waals surface area (Å²) in [5.41, 5.74) is 1.18. The molecule has 1 aromatic heterocycles. The van der Waals surface area contributed by atoms with Gasteiger partial charge in [-0.1, -0.05) is 27.2 Å². The van der Waals surface area contributed by atoms with E-state index in [1.807, 2.05) is 11.3 Å². The van der Waals surface area contributed by atoms with Gasteiger partial charge in [0.2, 0.25) is 0 Å². The summed E-state index contributed by atoms with van der Waals surface area (Å²) in [6.07, 6.45) is 1.22. The molecule has 3 nitrogen and oxygen atoms in total. The van der Waals surface area contributed by atoms with E-state index in [-0.39, 0.29) is 0 Å². The molecule has 110 valence electrons. The molecule has 0 aromatic carbocycles. The van der Waals surface area contributed by atoms with Crippen LogP contribution < -0.4 is 10.2 Å². The lowest BCUT2D eigenvalue weighted by Crippen LogP contribution is -2.27. The lowest BCUT2D eigenvalue weighted by molar-refractivity contribution is 0.547. The van der Waals surface area contributed by atoms with Crippen LogP contribution in [-0.4, -0.2) is 24.6 Å². The first kappa shape index (κ1) is 16.4. The van der Waals surface area contributed by atoms with Crippen molar-refractivity contribution in [1.29, 1.82) is 0 Å². The molecule has 0 aliphatic heterocycles. The summed E-state index contributed by atoms with van der Waals surface area (Å²) in [6, 6.07) is 0.401. The van der Waals surface area contributed by atoms with Crippen molar-refractivity contribution in [3.05, 3.63) is 10.6 Å². The summed E-state index contributed by atoms with van der Waals surface area (Å²) in [4.78, 5) is 8.56. The van der Waals surface area contributed by atoms with Crippen LogP contribution in [0, 0.1) is 12.8 Å². The third kappa shape index (κ3) is 4.46. The summed E-state index contributed by atoms with van der Waals surface area (Å²) >= 11 is 1.85. The molecular formula is C15H29N3S. The van der Waals surface area contributed by atoms with Crippen LogP contribution in [0.25, 0.3) is 0 Å². The van der Waals surface area contributed by atoms with Crippen molar-refractivity contribution in [2.75, 3.05) is 24.5 Å². The van der Waals surface area contributed by atoms with Crippen LogP contribution in [0.1, 0.15) is 57.7 Å². The highest BCUT2D eigenvalue weighted by Gasteiger charge is 2.17. The quantitative estimate of drug-likeness (QED) is 0.782. The maximum Gasteiger partial charge on any atom is 0.185 e. The first-order chi connectivity index (χ1) is 9.03. The van der Waals surface area contributed by atoms with Gasteiger partial charge in [0.15, 0.2) is 5.13 Å². The van der Waals surface area contributed by atoms with Gasteiger partial charge in [0.1, 0.15) is 0 Å². The van der Waals surface area contributed by atoms with Crippen molar-refractivity contribution in [2.45, 2.75) is 54.0 Å². The van der Waals surface area contributed by atoms with Crippen molar-refractivity contribution in [3.63, 3.8) is 0 Å². The molecule has 2 atom stereocenters. The molecule has 0 bridgehead atoms. The molecule has 0 saturated heterocycles. The first-order valence-corrected chi connectivity index (χ1v) is 8.30. The van der Waals surface area contributed by atoms with Gasteiger partial charge in [0.05, 0.1) is 5.69 Å². The summed E-state index contributed by atoms with van der Waals surface area (Å²) < 4.78 is 0. The number of rotatable bonds is 8.